The number of fused-ring (bicyclic) bond motifs is 2. The van der Waals surface area contributed by atoms with Gasteiger partial charge in [0.1, 0.15) is 12.4 Å². The molecule has 0 radical (unpaired) electrons. The average Bonchev–Trinajstić information content (AvgIpc) is 3.16. The van der Waals surface area contributed by atoms with Crippen molar-refractivity contribution in [3.63, 3.8) is 0 Å². The van der Waals surface area contributed by atoms with Crippen LogP contribution < -0.4 is 16.2 Å². The first-order chi connectivity index (χ1) is 15.0. The van der Waals surface area contributed by atoms with E-state index in [1.54, 1.807) is 37.9 Å². The highest BCUT2D eigenvalue weighted by Gasteiger charge is 2.58. The summed E-state index contributed by atoms with van der Waals surface area (Å²) in [4.78, 5) is 28.2. The van der Waals surface area contributed by atoms with Crippen LogP contribution in [0.5, 0.6) is 0 Å². The standard InChI is InChI=1S/C20H19BFN7O2/c1-27-9-23-18-16(27)19(30)29(20(21)25-18)8-14-24-17(26-31-14)15-12-6-28(7-13(12)15)11-4-2-3-10(22)5-11/h2-5,9,12-13,15H,6-8,21H2,1H3/t12-,13+,15+. The highest BCUT2D eigenvalue weighted by atomic mass is 19.1. The third kappa shape index (κ3) is 2.87. The van der Waals surface area contributed by atoms with Gasteiger partial charge in [0.05, 0.1) is 12.1 Å². The normalized spacial score (nSPS) is 22.3. The van der Waals surface area contributed by atoms with Crippen molar-refractivity contribution in [2.45, 2.75) is 12.5 Å². The second kappa shape index (κ2) is 6.50. The molecular formula is C20H19BFN7O2. The van der Waals surface area contributed by atoms with Gasteiger partial charge in [-0.3, -0.25) is 9.36 Å². The molecule has 31 heavy (non-hydrogen) atoms. The van der Waals surface area contributed by atoms with Crippen LogP contribution in [0, 0.1) is 17.7 Å². The lowest BCUT2D eigenvalue weighted by atomic mass is 10.1. The number of halogens is 1. The van der Waals surface area contributed by atoms with Crippen LogP contribution in [-0.2, 0) is 13.6 Å². The third-order valence-corrected chi connectivity index (χ3v) is 6.47. The number of aryl methyl sites for hydroxylation is 1. The largest absolute Gasteiger partial charge is 0.371 e. The Morgan fingerprint density at radius 2 is 2.06 bits per heavy atom. The number of piperidine rings is 1. The summed E-state index contributed by atoms with van der Waals surface area (Å²) >= 11 is 0. The van der Waals surface area contributed by atoms with E-state index in [2.05, 4.69) is 25.0 Å². The van der Waals surface area contributed by atoms with Crippen LogP contribution in [-0.4, -0.2) is 50.2 Å². The van der Waals surface area contributed by atoms with Gasteiger partial charge in [-0.1, -0.05) is 11.2 Å². The Bertz CT molecular complexity index is 1370. The van der Waals surface area contributed by atoms with Crippen molar-refractivity contribution in [1.29, 1.82) is 0 Å². The smallest absolute Gasteiger partial charge is 0.279 e. The summed E-state index contributed by atoms with van der Waals surface area (Å²) in [5, 5.41) is 4.18. The van der Waals surface area contributed by atoms with Crippen molar-refractivity contribution in [3.05, 3.63) is 58.5 Å². The van der Waals surface area contributed by atoms with Crippen LogP contribution in [0.2, 0.25) is 0 Å². The van der Waals surface area contributed by atoms with Crippen molar-refractivity contribution < 1.29 is 8.91 Å². The van der Waals surface area contributed by atoms with E-state index in [0.717, 1.165) is 18.8 Å². The molecule has 1 saturated carbocycles. The van der Waals surface area contributed by atoms with Crippen LogP contribution in [0.4, 0.5) is 10.1 Å². The van der Waals surface area contributed by atoms with E-state index in [-0.39, 0.29) is 23.8 Å². The van der Waals surface area contributed by atoms with Crippen molar-refractivity contribution in [2.24, 2.45) is 18.9 Å². The molecule has 1 aliphatic carbocycles. The van der Waals surface area contributed by atoms with Gasteiger partial charge in [-0.25, -0.2) is 14.4 Å². The maximum atomic E-state index is 13.5. The van der Waals surface area contributed by atoms with Gasteiger partial charge < -0.3 is 14.0 Å². The van der Waals surface area contributed by atoms with Gasteiger partial charge >= 0.3 is 0 Å². The number of rotatable bonds is 4. The SMILES string of the molecule is Bc1nc2ncn(C)c2c(=O)n1Cc1nc([C@H]2[C@@H]3CN(c4cccc(F)c4)C[C@@H]32)no1. The molecule has 0 bridgehead atoms. The molecule has 4 aromatic rings. The quantitative estimate of drug-likeness (QED) is 0.423. The molecule has 0 unspecified atom stereocenters. The Morgan fingerprint density at radius 1 is 1.26 bits per heavy atom. The molecule has 6 rings (SSSR count). The third-order valence-electron chi connectivity index (χ3n) is 6.47. The lowest BCUT2D eigenvalue weighted by molar-refractivity contribution is 0.364. The number of benzene rings is 1. The molecule has 0 amide bonds. The van der Waals surface area contributed by atoms with Crippen molar-refractivity contribution in [1.82, 2.24) is 29.2 Å². The van der Waals surface area contributed by atoms with E-state index >= 15 is 0 Å². The fourth-order valence-corrected chi connectivity index (χ4v) is 4.82. The topological polar surface area (TPSA) is 94.9 Å². The Labute approximate surface area is 176 Å². The molecule has 3 aromatic heterocycles. The molecule has 9 nitrogen and oxygen atoms in total. The van der Waals surface area contributed by atoms with Crippen LogP contribution in [0.25, 0.3) is 11.2 Å². The van der Waals surface area contributed by atoms with Gasteiger partial charge in [-0.05, 0) is 30.0 Å². The molecule has 1 aliphatic heterocycles. The molecular weight excluding hydrogens is 400 g/mol. The molecule has 2 fully saturated rings. The highest BCUT2D eigenvalue weighted by Crippen LogP contribution is 2.57. The van der Waals surface area contributed by atoms with Crippen LogP contribution in [0.15, 0.2) is 39.9 Å². The van der Waals surface area contributed by atoms with E-state index in [1.165, 1.54) is 10.6 Å². The zero-order chi connectivity index (χ0) is 21.3. The van der Waals surface area contributed by atoms with Crippen molar-refractivity contribution >= 4 is 30.4 Å². The Morgan fingerprint density at radius 3 is 2.84 bits per heavy atom. The van der Waals surface area contributed by atoms with Gasteiger partial charge in [0.25, 0.3) is 5.56 Å². The summed E-state index contributed by atoms with van der Waals surface area (Å²) < 4.78 is 22.2. The first kappa shape index (κ1) is 18.3. The second-order valence-electron chi connectivity index (χ2n) is 8.36. The number of aromatic nitrogens is 6. The Hall–Kier alpha value is -3.50. The predicted molar refractivity (Wildman–Crippen MR) is 113 cm³/mol. The first-order valence-electron chi connectivity index (χ1n) is 10.2. The molecule has 156 valence electrons. The van der Waals surface area contributed by atoms with E-state index in [4.69, 9.17) is 4.52 Å². The minimum atomic E-state index is -0.221. The molecule has 0 N–H and O–H groups in total. The van der Waals surface area contributed by atoms with Gasteiger partial charge in [-0.2, -0.15) is 4.98 Å². The van der Waals surface area contributed by atoms with Crippen molar-refractivity contribution in [2.75, 3.05) is 18.0 Å². The number of hydrogen-bond acceptors (Lipinski definition) is 7. The van der Waals surface area contributed by atoms with Crippen LogP contribution in [0.3, 0.4) is 0 Å². The second-order valence-corrected chi connectivity index (χ2v) is 8.36. The summed E-state index contributed by atoms with van der Waals surface area (Å²) in [6.45, 7) is 1.87. The molecule has 2 aliphatic rings. The fraction of sp³-hybridized carbons (Fsp3) is 0.350. The van der Waals surface area contributed by atoms with E-state index in [0.29, 0.717) is 40.4 Å². The number of imidazole rings is 1. The summed E-state index contributed by atoms with van der Waals surface area (Å²) in [6, 6.07) is 6.69. The fourth-order valence-electron chi connectivity index (χ4n) is 4.82. The molecule has 0 spiro atoms. The van der Waals surface area contributed by atoms with E-state index in [9.17, 15) is 9.18 Å². The lowest BCUT2D eigenvalue weighted by Crippen LogP contribution is -2.36. The summed E-state index contributed by atoms with van der Waals surface area (Å²) in [5.74, 6) is 1.97. The highest BCUT2D eigenvalue weighted by molar-refractivity contribution is 6.29. The maximum Gasteiger partial charge on any atom is 0.279 e. The molecule has 3 atom stereocenters. The van der Waals surface area contributed by atoms with Gasteiger partial charge in [0, 0.05) is 31.7 Å². The monoisotopic (exact) mass is 419 g/mol. The number of anilines is 1. The lowest BCUT2D eigenvalue weighted by Gasteiger charge is -2.21. The summed E-state index contributed by atoms with van der Waals surface area (Å²) in [7, 11) is 3.53. The summed E-state index contributed by atoms with van der Waals surface area (Å²) in [5.41, 5.74) is 2.15. The van der Waals surface area contributed by atoms with Gasteiger partial charge in [0.2, 0.25) is 5.89 Å². The number of nitrogens with zero attached hydrogens (tertiary/aromatic N) is 7. The number of hydrogen-bond donors (Lipinski definition) is 0. The van der Waals surface area contributed by atoms with E-state index < -0.39 is 0 Å². The molecule has 4 heterocycles. The molecule has 1 aromatic carbocycles. The predicted octanol–water partition coefficient (Wildman–Crippen LogP) is -0.191. The van der Waals surface area contributed by atoms with Gasteiger partial charge in [-0.15, -0.1) is 0 Å². The van der Waals surface area contributed by atoms with Crippen molar-refractivity contribution in [3.8, 4) is 0 Å². The molecule has 11 heteroatoms. The molecule has 1 saturated heterocycles. The zero-order valence-electron chi connectivity index (χ0n) is 17.1. The Kier molecular flexibility index (Phi) is 3.83. The zero-order valence-corrected chi connectivity index (χ0v) is 17.1. The summed E-state index contributed by atoms with van der Waals surface area (Å²) in [6.07, 6.45) is 1.58. The van der Waals surface area contributed by atoms with Crippen LogP contribution in [0.1, 0.15) is 17.6 Å². The average molecular weight is 419 g/mol. The Balaban J connectivity index is 1.19. The van der Waals surface area contributed by atoms with Gasteiger partial charge in [0.15, 0.2) is 24.8 Å². The maximum absolute atomic E-state index is 13.5. The first-order valence-corrected chi connectivity index (χ1v) is 10.2. The van der Waals surface area contributed by atoms with E-state index in [1.807, 2.05) is 6.07 Å². The minimum Gasteiger partial charge on any atom is -0.371 e. The van der Waals surface area contributed by atoms with Crippen LogP contribution >= 0.6 is 0 Å². The minimum absolute atomic E-state index is 0.170.